The minimum atomic E-state index is -0.829. The van der Waals surface area contributed by atoms with Crippen molar-refractivity contribution in [1.29, 1.82) is 0 Å². The fourth-order valence-corrected chi connectivity index (χ4v) is 1.56. The molecule has 0 saturated heterocycles. The molecule has 0 N–H and O–H groups in total. The smallest absolute Gasteiger partial charge is 0.222 e. The van der Waals surface area contributed by atoms with Crippen molar-refractivity contribution >= 4 is 5.78 Å². The minimum absolute atomic E-state index is 0.174. The van der Waals surface area contributed by atoms with Crippen LogP contribution in [0, 0.1) is 13.8 Å². The Bertz CT molecular complexity index is 328. The number of ketones is 1. The highest BCUT2D eigenvalue weighted by molar-refractivity contribution is 6.00. The van der Waals surface area contributed by atoms with Crippen LogP contribution in [-0.2, 0) is 9.47 Å². The molecule has 0 spiro atoms. The minimum Gasteiger partial charge on any atom is -0.469 e. The van der Waals surface area contributed by atoms with E-state index in [0.29, 0.717) is 24.5 Å². The zero-order valence-electron chi connectivity index (χ0n) is 10.2. The Morgan fingerprint density at radius 2 is 1.88 bits per heavy atom. The van der Waals surface area contributed by atoms with E-state index in [1.54, 1.807) is 13.2 Å². The van der Waals surface area contributed by atoms with Crippen molar-refractivity contribution < 1.29 is 18.7 Å². The summed E-state index contributed by atoms with van der Waals surface area (Å²) in [5.74, 6) is 0.430. The van der Waals surface area contributed by atoms with Crippen LogP contribution in [0.3, 0.4) is 0 Å². The highest BCUT2D eigenvalue weighted by Crippen LogP contribution is 2.19. The van der Waals surface area contributed by atoms with Crippen molar-refractivity contribution in [3.05, 3.63) is 23.2 Å². The molecule has 4 nitrogen and oxygen atoms in total. The van der Waals surface area contributed by atoms with E-state index < -0.39 is 6.29 Å². The predicted octanol–water partition coefficient (Wildman–Crippen LogP) is 2.48. The molecule has 0 saturated carbocycles. The lowest BCUT2D eigenvalue weighted by Crippen LogP contribution is -2.28. The van der Waals surface area contributed by atoms with Crippen LogP contribution >= 0.6 is 0 Å². The Kier molecular flexibility index (Phi) is 4.71. The molecule has 0 aliphatic rings. The van der Waals surface area contributed by atoms with Gasteiger partial charge < -0.3 is 13.9 Å². The van der Waals surface area contributed by atoms with Crippen LogP contribution in [-0.4, -0.2) is 25.3 Å². The van der Waals surface area contributed by atoms with Gasteiger partial charge in [-0.25, -0.2) is 0 Å². The van der Waals surface area contributed by atoms with E-state index in [1.165, 1.54) is 0 Å². The lowest BCUT2D eigenvalue weighted by atomic mass is 10.1. The van der Waals surface area contributed by atoms with Crippen molar-refractivity contribution in [1.82, 2.24) is 0 Å². The first-order valence-electron chi connectivity index (χ1n) is 5.43. The van der Waals surface area contributed by atoms with Gasteiger partial charge >= 0.3 is 0 Å². The first kappa shape index (κ1) is 12.9. The third-order valence-electron chi connectivity index (χ3n) is 2.26. The molecule has 16 heavy (non-hydrogen) atoms. The summed E-state index contributed by atoms with van der Waals surface area (Å²) in [6.07, 6.45) is 0.738. The summed E-state index contributed by atoms with van der Waals surface area (Å²) in [4.78, 5) is 12.1. The van der Waals surface area contributed by atoms with Gasteiger partial charge in [0.1, 0.15) is 5.76 Å². The second kappa shape index (κ2) is 5.82. The first-order valence-corrected chi connectivity index (χ1v) is 5.43. The van der Waals surface area contributed by atoms with E-state index in [9.17, 15) is 4.79 Å². The third kappa shape index (κ3) is 2.71. The van der Waals surface area contributed by atoms with Crippen LogP contribution in [0.25, 0.3) is 0 Å². The third-order valence-corrected chi connectivity index (χ3v) is 2.26. The number of hydrogen-bond donors (Lipinski definition) is 0. The number of aryl methyl sites for hydroxylation is 2. The molecule has 1 rings (SSSR count). The van der Waals surface area contributed by atoms with Crippen LogP contribution in [0.1, 0.15) is 35.5 Å². The van der Waals surface area contributed by atoms with Gasteiger partial charge in [0.05, 0.1) is 11.8 Å². The lowest BCUT2D eigenvalue weighted by molar-refractivity contribution is -0.107. The summed E-state index contributed by atoms with van der Waals surface area (Å²) in [5, 5.41) is 0. The maximum atomic E-state index is 12.1. The van der Waals surface area contributed by atoms with Crippen LogP contribution in [0.5, 0.6) is 0 Å². The highest BCUT2D eigenvalue weighted by atomic mass is 16.7. The van der Waals surface area contributed by atoms with Gasteiger partial charge in [-0.1, -0.05) is 0 Å². The van der Waals surface area contributed by atoms with Crippen LogP contribution in [0.15, 0.2) is 10.7 Å². The SMILES string of the molecule is CCOC(OCC)C(=O)c1c(C)coc1C. The molecule has 1 aromatic heterocycles. The molecule has 0 aliphatic heterocycles. The Balaban J connectivity index is 2.89. The Morgan fingerprint density at radius 3 is 2.25 bits per heavy atom. The van der Waals surface area contributed by atoms with E-state index in [-0.39, 0.29) is 5.78 Å². The van der Waals surface area contributed by atoms with Crippen molar-refractivity contribution in [2.45, 2.75) is 34.0 Å². The summed E-state index contributed by atoms with van der Waals surface area (Å²) in [6.45, 7) is 8.12. The molecule has 0 amide bonds. The molecule has 1 aromatic rings. The van der Waals surface area contributed by atoms with Gasteiger partial charge in [0.2, 0.25) is 12.1 Å². The molecule has 0 unspecified atom stereocenters. The van der Waals surface area contributed by atoms with Gasteiger partial charge in [0.15, 0.2) is 0 Å². The van der Waals surface area contributed by atoms with Crippen molar-refractivity contribution in [2.24, 2.45) is 0 Å². The number of rotatable bonds is 6. The zero-order valence-corrected chi connectivity index (χ0v) is 10.2. The number of hydrogen-bond acceptors (Lipinski definition) is 4. The Hall–Kier alpha value is -1.13. The summed E-state index contributed by atoms with van der Waals surface area (Å²) in [7, 11) is 0. The number of carbonyl (C=O) groups excluding carboxylic acids is 1. The molecule has 0 fully saturated rings. The van der Waals surface area contributed by atoms with Gasteiger partial charge in [-0.05, 0) is 33.3 Å². The molecule has 1 heterocycles. The number of Topliss-reactive ketones (excluding diaryl/α,β-unsaturated/α-hetero) is 1. The summed E-state index contributed by atoms with van der Waals surface area (Å²) in [5.41, 5.74) is 1.37. The number of furan rings is 1. The van der Waals surface area contributed by atoms with Crippen molar-refractivity contribution in [2.75, 3.05) is 13.2 Å². The molecule has 0 bridgehead atoms. The topological polar surface area (TPSA) is 48.7 Å². The molecule has 0 atom stereocenters. The van der Waals surface area contributed by atoms with E-state index in [2.05, 4.69) is 0 Å². The summed E-state index contributed by atoms with van der Waals surface area (Å²) < 4.78 is 15.7. The zero-order chi connectivity index (χ0) is 12.1. The maximum absolute atomic E-state index is 12.1. The normalized spacial score (nSPS) is 11.1. The van der Waals surface area contributed by atoms with E-state index in [1.807, 2.05) is 20.8 Å². The molecule has 90 valence electrons. The van der Waals surface area contributed by atoms with E-state index in [4.69, 9.17) is 13.9 Å². The van der Waals surface area contributed by atoms with Crippen molar-refractivity contribution in [3.8, 4) is 0 Å². The maximum Gasteiger partial charge on any atom is 0.222 e. The average molecular weight is 226 g/mol. The predicted molar refractivity (Wildman–Crippen MR) is 59.6 cm³/mol. The quantitative estimate of drug-likeness (QED) is 0.552. The van der Waals surface area contributed by atoms with Crippen molar-refractivity contribution in [3.63, 3.8) is 0 Å². The first-order chi connectivity index (χ1) is 7.61. The van der Waals surface area contributed by atoms with Gasteiger partial charge in [-0.2, -0.15) is 0 Å². The molecular weight excluding hydrogens is 208 g/mol. The molecule has 0 radical (unpaired) electrons. The van der Waals surface area contributed by atoms with Crippen LogP contribution in [0.2, 0.25) is 0 Å². The molecular formula is C12H18O4. The average Bonchev–Trinajstić information content (AvgIpc) is 2.57. The largest absolute Gasteiger partial charge is 0.469 e. The standard InChI is InChI=1S/C12H18O4/c1-5-14-12(15-6-2)11(13)10-8(3)7-16-9(10)4/h7,12H,5-6H2,1-4H3. The van der Waals surface area contributed by atoms with Gasteiger partial charge in [0.25, 0.3) is 0 Å². The van der Waals surface area contributed by atoms with Gasteiger partial charge in [-0.3, -0.25) is 4.79 Å². The Morgan fingerprint density at radius 1 is 1.31 bits per heavy atom. The van der Waals surface area contributed by atoms with E-state index >= 15 is 0 Å². The highest BCUT2D eigenvalue weighted by Gasteiger charge is 2.25. The fraction of sp³-hybridized carbons (Fsp3) is 0.583. The summed E-state index contributed by atoms with van der Waals surface area (Å²) in [6, 6.07) is 0. The second-order valence-corrected chi connectivity index (χ2v) is 3.46. The summed E-state index contributed by atoms with van der Waals surface area (Å²) >= 11 is 0. The van der Waals surface area contributed by atoms with Crippen LogP contribution in [0.4, 0.5) is 0 Å². The molecule has 0 aliphatic carbocycles. The molecule has 4 heteroatoms. The molecule has 0 aromatic carbocycles. The number of ether oxygens (including phenoxy) is 2. The van der Waals surface area contributed by atoms with Crippen LogP contribution < -0.4 is 0 Å². The monoisotopic (exact) mass is 226 g/mol. The lowest BCUT2D eigenvalue weighted by Gasteiger charge is -2.15. The van der Waals surface area contributed by atoms with Gasteiger partial charge in [0, 0.05) is 13.2 Å². The number of carbonyl (C=O) groups is 1. The van der Waals surface area contributed by atoms with Gasteiger partial charge in [-0.15, -0.1) is 0 Å². The second-order valence-electron chi connectivity index (χ2n) is 3.46. The fourth-order valence-electron chi connectivity index (χ4n) is 1.56. The Labute approximate surface area is 95.5 Å². The van der Waals surface area contributed by atoms with E-state index in [0.717, 1.165) is 5.56 Å².